The van der Waals surface area contributed by atoms with Crippen molar-refractivity contribution in [3.63, 3.8) is 0 Å². The summed E-state index contributed by atoms with van der Waals surface area (Å²) < 4.78 is 5.67. The molecule has 0 bridgehead atoms. The largest absolute Gasteiger partial charge is 0.480 e. The Hall–Kier alpha value is -0.610. The van der Waals surface area contributed by atoms with Crippen LogP contribution in [0.15, 0.2) is 0 Å². The van der Waals surface area contributed by atoms with Gasteiger partial charge in [-0.05, 0) is 50.4 Å². The molecule has 0 spiro atoms. The topological polar surface area (TPSA) is 58.6 Å². The van der Waals surface area contributed by atoms with Crippen molar-refractivity contribution in [3.8, 4) is 0 Å². The molecule has 0 amide bonds. The van der Waals surface area contributed by atoms with Crippen LogP contribution in [0.1, 0.15) is 38.5 Å². The molecular formula is C13H21NO3. The summed E-state index contributed by atoms with van der Waals surface area (Å²) in [6, 6.07) is 0.413. The minimum Gasteiger partial charge on any atom is -0.480 e. The van der Waals surface area contributed by atoms with Crippen LogP contribution in [0.25, 0.3) is 0 Å². The van der Waals surface area contributed by atoms with Crippen LogP contribution in [-0.4, -0.2) is 35.9 Å². The fourth-order valence-electron chi connectivity index (χ4n) is 2.41. The van der Waals surface area contributed by atoms with Crippen LogP contribution < -0.4 is 5.32 Å². The highest BCUT2D eigenvalue weighted by atomic mass is 16.5. The summed E-state index contributed by atoms with van der Waals surface area (Å²) >= 11 is 0. The number of hydrogen-bond donors (Lipinski definition) is 2. The lowest BCUT2D eigenvalue weighted by Crippen LogP contribution is -2.58. The van der Waals surface area contributed by atoms with E-state index in [0.29, 0.717) is 18.6 Å². The standard InChI is InChI=1S/C13H21NO3/c15-12(16)13(10-3-4-10,14-11-5-6-11)8-17-7-9-1-2-9/h9-11,14H,1-8H2,(H,15,16). The zero-order valence-corrected chi connectivity index (χ0v) is 10.2. The van der Waals surface area contributed by atoms with Gasteiger partial charge in [0.15, 0.2) is 0 Å². The maximum atomic E-state index is 11.6. The van der Waals surface area contributed by atoms with E-state index in [1.165, 1.54) is 12.8 Å². The van der Waals surface area contributed by atoms with Gasteiger partial charge >= 0.3 is 5.97 Å². The molecule has 3 aliphatic rings. The number of rotatable bonds is 8. The number of aliphatic carboxylic acids is 1. The predicted molar refractivity (Wildman–Crippen MR) is 62.8 cm³/mol. The molecule has 0 radical (unpaired) electrons. The molecule has 0 aliphatic heterocycles. The van der Waals surface area contributed by atoms with E-state index in [2.05, 4.69) is 5.32 Å². The van der Waals surface area contributed by atoms with Crippen LogP contribution in [0.5, 0.6) is 0 Å². The Balaban J connectivity index is 1.60. The highest BCUT2D eigenvalue weighted by Gasteiger charge is 2.53. The third-order valence-corrected chi connectivity index (χ3v) is 4.08. The molecule has 3 fully saturated rings. The lowest BCUT2D eigenvalue weighted by molar-refractivity contribution is -0.149. The Kier molecular flexibility index (Phi) is 2.87. The second kappa shape index (κ2) is 4.25. The molecule has 1 atom stereocenters. The van der Waals surface area contributed by atoms with Crippen molar-refractivity contribution >= 4 is 5.97 Å². The quantitative estimate of drug-likeness (QED) is 0.672. The number of nitrogens with one attached hydrogen (secondary N) is 1. The van der Waals surface area contributed by atoms with Crippen molar-refractivity contribution in [3.05, 3.63) is 0 Å². The normalized spacial score (nSPS) is 27.8. The van der Waals surface area contributed by atoms with Gasteiger partial charge in [-0.3, -0.25) is 10.1 Å². The smallest absolute Gasteiger partial charge is 0.326 e. The van der Waals surface area contributed by atoms with Crippen LogP contribution >= 0.6 is 0 Å². The molecule has 4 nitrogen and oxygen atoms in total. The van der Waals surface area contributed by atoms with Crippen LogP contribution in [0.4, 0.5) is 0 Å². The van der Waals surface area contributed by atoms with Crippen LogP contribution in [0.3, 0.4) is 0 Å². The van der Waals surface area contributed by atoms with Crippen LogP contribution in [0, 0.1) is 11.8 Å². The molecule has 0 aromatic carbocycles. The second-order valence-electron chi connectivity index (χ2n) is 5.93. The average Bonchev–Trinajstić information content (AvgIpc) is 3.13. The molecule has 0 heterocycles. The zero-order chi connectivity index (χ0) is 11.9. The van der Waals surface area contributed by atoms with Crippen LogP contribution in [0.2, 0.25) is 0 Å². The van der Waals surface area contributed by atoms with Crippen molar-refractivity contribution < 1.29 is 14.6 Å². The summed E-state index contributed by atoms with van der Waals surface area (Å²) in [5.41, 5.74) is -0.796. The van der Waals surface area contributed by atoms with Crippen molar-refractivity contribution in [2.75, 3.05) is 13.2 Å². The molecule has 96 valence electrons. The van der Waals surface area contributed by atoms with E-state index in [1.54, 1.807) is 0 Å². The van der Waals surface area contributed by atoms with Crippen molar-refractivity contribution in [2.45, 2.75) is 50.1 Å². The molecule has 0 aromatic heterocycles. The van der Waals surface area contributed by atoms with E-state index >= 15 is 0 Å². The number of hydrogen-bond acceptors (Lipinski definition) is 3. The summed E-state index contributed by atoms with van der Waals surface area (Å²) in [5, 5.41) is 12.9. The Morgan fingerprint density at radius 3 is 2.41 bits per heavy atom. The SMILES string of the molecule is O=C(O)C(COCC1CC1)(NC1CC1)C1CC1. The maximum absolute atomic E-state index is 11.6. The first-order chi connectivity index (χ1) is 8.21. The molecule has 3 aliphatic carbocycles. The van der Waals surface area contributed by atoms with Gasteiger partial charge in [0.25, 0.3) is 0 Å². The fraction of sp³-hybridized carbons (Fsp3) is 0.923. The minimum absolute atomic E-state index is 0.278. The lowest BCUT2D eigenvalue weighted by Gasteiger charge is -2.30. The zero-order valence-electron chi connectivity index (χ0n) is 10.2. The van der Waals surface area contributed by atoms with E-state index in [9.17, 15) is 9.90 Å². The van der Waals surface area contributed by atoms with Gasteiger partial charge in [-0.1, -0.05) is 0 Å². The first kappa shape index (κ1) is 11.5. The van der Waals surface area contributed by atoms with Crippen molar-refractivity contribution in [1.82, 2.24) is 5.32 Å². The van der Waals surface area contributed by atoms with Gasteiger partial charge in [-0.25, -0.2) is 0 Å². The van der Waals surface area contributed by atoms with E-state index < -0.39 is 11.5 Å². The molecule has 1 unspecified atom stereocenters. The Bertz CT molecular complexity index is 308. The number of carbonyl (C=O) groups is 1. The van der Waals surface area contributed by atoms with Crippen LogP contribution in [-0.2, 0) is 9.53 Å². The molecule has 2 N–H and O–H groups in total. The Morgan fingerprint density at radius 1 is 1.24 bits per heavy atom. The molecule has 3 rings (SSSR count). The minimum atomic E-state index is -0.796. The summed E-state index contributed by atoms with van der Waals surface area (Å²) in [5.74, 6) is 0.254. The van der Waals surface area contributed by atoms with Gasteiger partial charge in [0, 0.05) is 12.6 Å². The molecule has 0 saturated heterocycles. The van der Waals surface area contributed by atoms with Gasteiger partial charge in [0.2, 0.25) is 0 Å². The summed E-state index contributed by atoms with van der Waals surface area (Å²) in [6.45, 7) is 1.09. The predicted octanol–water partition coefficient (Wildman–Crippen LogP) is 1.40. The number of ether oxygens (including phenoxy) is 1. The molecule has 0 aromatic rings. The summed E-state index contributed by atoms with van der Waals surface area (Å²) in [4.78, 5) is 11.6. The fourth-order valence-corrected chi connectivity index (χ4v) is 2.41. The molecule has 3 saturated carbocycles. The molecule has 17 heavy (non-hydrogen) atoms. The first-order valence-corrected chi connectivity index (χ1v) is 6.79. The third-order valence-electron chi connectivity index (χ3n) is 4.08. The van der Waals surface area contributed by atoms with Gasteiger partial charge in [-0.2, -0.15) is 0 Å². The highest BCUT2D eigenvalue weighted by molar-refractivity contribution is 5.80. The Morgan fingerprint density at radius 2 is 1.94 bits per heavy atom. The first-order valence-electron chi connectivity index (χ1n) is 6.79. The number of carboxylic acids is 1. The third kappa shape index (κ3) is 2.63. The van der Waals surface area contributed by atoms with Gasteiger partial charge in [0.05, 0.1) is 6.61 Å². The van der Waals surface area contributed by atoms with E-state index in [0.717, 1.165) is 32.3 Å². The van der Waals surface area contributed by atoms with E-state index in [-0.39, 0.29) is 5.92 Å². The lowest BCUT2D eigenvalue weighted by atomic mass is 9.94. The van der Waals surface area contributed by atoms with Gasteiger partial charge in [0.1, 0.15) is 5.54 Å². The van der Waals surface area contributed by atoms with E-state index in [4.69, 9.17) is 4.74 Å². The summed E-state index contributed by atoms with van der Waals surface area (Å²) in [7, 11) is 0. The van der Waals surface area contributed by atoms with Gasteiger partial charge < -0.3 is 9.84 Å². The molecular weight excluding hydrogens is 218 g/mol. The highest BCUT2D eigenvalue weighted by Crippen LogP contribution is 2.42. The van der Waals surface area contributed by atoms with Crippen molar-refractivity contribution in [1.29, 1.82) is 0 Å². The average molecular weight is 239 g/mol. The van der Waals surface area contributed by atoms with Crippen molar-refractivity contribution in [2.24, 2.45) is 11.8 Å². The molecule has 4 heteroatoms. The second-order valence-corrected chi connectivity index (χ2v) is 5.93. The maximum Gasteiger partial charge on any atom is 0.326 e. The monoisotopic (exact) mass is 239 g/mol. The van der Waals surface area contributed by atoms with E-state index in [1.807, 2.05) is 0 Å². The Labute approximate surface area is 102 Å². The number of carboxylic acid groups (broad SMARTS) is 1. The summed E-state index contributed by atoms with van der Waals surface area (Å²) in [6.07, 6.45) is 6.78. The van der Waals surface area contributed by atoms with Gasteiger partial charge in [-0.15, -0.1) is 0 Å².